The molecule has 0 saturated carbocycles. The Balaban J connectivity index is 1.86. The highest BCUT2D eigenvalue weighted by Gasteiger charge is 2.40. The van der Waals surface area contributed by atoms with Crippen LogP contribution in [0.3, 0.4) is 0 Å². The number of nitrogens with zero attached hydrogens (tertiary/aromatic N) is 1. The zero-order chi connectivity index (χ0) is 16.8. The molecule has 126 valence electrons. The van der Waals surface area contributed by atoms with Gasteiger partial charge in [-0.25, -0.2) is 4.79 Å². The Morgan fingerprint density at radius 1 is 1.39 bits per heavy atom. The van der Waals surface area contributed by atoms with Crippen LogP contribution in [0.4, 0.5) is 10.5 Å². The minimum absolute atomic E-state index is 0.190. The molecular formula is C17H22BrIN2O2. The third-order valence-electron chi connectivity index (χ3n) is 4.39. The fourth-order valence-electron chi connectivity index (χ4n) is 3.45. The van der Waals surface area contributed by atoms with Gasteiger partial charge >= 0.3 is 6.09 Å². The standard InChI is InChI=1S/C17H22BrIN2O2/c1-17(2,3)23-16(22)21-8-10-4-5-20-15-12(13(10)9-21)6-11(19)7-14(15)18/h6-7,10,13,20H,4-5,8-9H2,1-3H3/t10-,13-/m1/s1. The van der Waals surface area contributed by atoms with Gasteiger partial charge in [0.15, 0.2) is 0 Å². The van der Waals surface area contributed by atoms with Gasteiger partial charge in [-0.15, -0.1) is 0 Å². The first-order valence-electron chi connectivity index (χ1n) is 7.95. The third kappa shape index (κ3) is 3.78. The largest absolute Gasteiger partial charge is 0.444 e. The van der Waals surface area contributed by atoms with Crippen LogP contribution in [0.5, 0.6) is 0 Å². The Labute approximate surface area is 159 Å². The van der Waals surface area contributed by atoms with Gasteiger partial charge in [0.1, 0.15) is 5.60 Å². The normalized spacial score (nSPS) is 23.6. The lowest BCUT2D eigenvalue weighted by Crippen LogP contribution is -2.35. The lowest BCUT2D eigenvalue weighted by Gasteiger charge is -2.25. The molecule has 1 amide bonds. The van der Waals surface area contributed by atoms with Crippen molar-refractivity contribution in [2.24, 2.45) is 5.92 Å². The smallest absolute Gasteiger partial charge is 0.410 e. The number of ether oxygens (including phenoxy) is 1. The molecule has 4 nitrogen and oxygen atoms in total. The molecular weight excluding hydrogens is 471 g/mol. The van der Waals surface area contributed by atoms with Gasteiger partial charge in [0.05, 0.1) is 5.69 Å². The van der Waals surface area contributed by atoms with Crippen molar-refractivity contribution < 1.29 is 9.53 Å². The van der Waals surface area contributed by atoms with E-state index in [0.717, 1.165) is 30.5 Å². The number of hydrogen-bond donors (Lipinski definition) is 1. The van der Waals surface area contributed by atoms with Gasteiger partial charge in [-0.2, -0.15) is 0 Å². The highest BCUT2D eigenvalue weighted by atomic mass is 127. The summed E-state index contributed by atoms with van der Waals surface area (Å²) in [5.41, 5.74) is 2.06. The Morgan fingerprint density at radius 2 is 2.13 bits per heavy atom. The number of carbonyl (C=O) groups excluding carboxylic acids is 1. The second-order valence-corrected chi connectivity index (χ2v) is 9.42. The minimum atomic E-state index is -0.445. The van der Waals surface area contributed by atoms with Crippen LogP contribution in [-0.4, -0.2) is 36.2 Å². The lowest BCUT2D eigenvalue weighted by molar-refractivity contribution is 0.0286. The highest BCUT2D eigenvalue weighted by Crippen LogP contribution is 2.43. The van der Waals surface area contributed by atoms with Crippen LogP contribution < -0.4 is 5.32 Å². The number of nitrogens with one attached hydrogen (secondary N) is 1. The summed E-state index contributed by atoms with van der Waals surface area (Å²) in [6.45, 7) is 8.20. The summed E-state index contributed by atoms with van der Waals surface area (Å²) in [6.07, 6.45) is 0.881. The summed E-state index contributed by atoms with van der Waals surface area (Å²) in [5, 5.41) is 3.55. The Kier molecular flexibility index (Phi) is 4.84. The van der Waals surface area contributed by atoms with Crippen molar-refractivity contribution in [2.75, 3.05) is 25.0 Å². The predicted molar refractivity (Wildman–Crippen MR) is 104 cm³/mol. The fourth-order valence-corrected chi connectivity index (χ4v) is 5.14. The first-order valence-corrected chi connectivity index (χ1v) is 9.82. The van der Waals surface area contributed by atoms with E-state index in [0.29, 0.717) is 11.8 Å². The molecule has 1 N–H and O–H groups in total. The second-order valence-electron chi connectivity index (χ2n) is 7.32. The molecule has 23 heavy (non-hydrogen) atoms. The SMILES string of the molecule is CC(C)(C)OC(=O)N1C[C@H]2CCNc3c(Br)cc(I)cc3[C@@H]2C1. The third-order valence-corrected chi connectivity index (χ3v) is 5.64. The Bertz CT molecular complexity index is 630. The number of hydrogen-bond acceptors (Lipinski definition) is 3. The van der Waals surface area contributed by atoms with E-state index in [1.807, 2.05) is 25.7 Å². The molecule has 0 unspecified atom stereocenters. The van der Waals surface area contributed by atoms with Crippen LogP contribution >= 0.6 is 38.5 Å². The Hall–Kier alpha value is -0.500. The quantitative estimate of drug-likeness (QED) is 0.528. The molecule has 6 heteroatoms. The van der Waals surface area contributed by atoms with Crippen LogP contribution in [0.15, 0.2) is 16.6 Å². The van der Waals surface area contributed by atoms with E-state index in [9.17, 15) is 4.79 Å². The summed E-state index contributed by atoms with van der Waals surface area (Å²) in [6, 6.07) is 4.38. The molecule has 0 bridgehead atoms. The zero-order valence-electron chi connectivity index (χ0n) is 13.7. The topological polar surface area (TPSA) is 41.6 Å². The Morgan fingerprint density at radius 3 is 2.83 bits per heavy atom. The van der Waals surface area contributed by atoms with Crippen molar-refractivity contribution in [3.63, 3.8) is 0 Å². The van der Waals surface area contributed by atoms with Crippen molar-refractivity contribution in [3.05, 3.63) is 25.7 Å². The molecule has 3 rings (SSSR count). The van der Waals surface area contributed by atoms with E-state index >= 15 is 0 Å². The molecule has 1 saturated heterocycles. The van der Waals surface area contributed by atoms with Crippen LogP contribution in [0.1, 0.15) is 38.7 Å². The number of amides is 1. The van der Waals surface area contributed by atoms with Crippen LogP contribution in [0.2, 0.25) is 0 Å². The number of halogens is 2. The summed E-state index contributed by atoms with van der Waals surface area (Å²) in [5.74, 6) is 0.861. The van der Waals surface area contributed by atoms with Crippen LogP contribution in [-0.2, 0) is 4.74 Å². The molecule has 2 aliphatic rings. The first-order chi connectivity index (χ1) is 10.7. The number of carbonyl (C=O) groups is 1. The lowest BCUT2D eigenvalue weighted by atomic mass is 9.87. The van der Waals surface area contributed by atoms with Gasteiger partial charge in [-0.05, 0) is 89.3 Å². The van der Waals surface area contributed by atoms with E-state index in [-0.39, 0.29) is 6.09 Å². The highest BCUT2D eigenvalue weighted by molar-refractivity contribution is 14.1. The summed E-state index contributed by atoms with van der Waals surface area (Å²) in [7, 11) is 0. The van der Waals surface area contributed by atoms with Crippen LogP contribution in [0, 0.1) is 9.49 Å². The summed E-state index contributed by atoms with van der Waals surface area (Å²) >= 11 is 6.03. The van der Waals surface area contributed by atoms with E-state index in [4.69, 9.17) is 4.74 Å². The molecule has 1 aromatic carbocycles. The van der Waals surface area contributed by atoms with E-state index < -0.39 is 5.60 Å². The zero-order valence-corrected chi connectivity index (χ0v) is 17.4. The molecule has 1 aromatic rings. The maximum Gasteiger partial charge on any atom is 0.410 e. The molecule has 2 atom stereocenters. The average Bonchev–Trinajstić information content (AvgIpc) is 2.76. The first kappa shape index (κ1) is 17.3. The molecule has 2 aliphatic heterocycles. The minimum Gasteiger partial charge on any atom is -0.444 e. The van der Waals surface area contributed by atoms with Gasteiger partial charge < -0.3 is 15.0 Å². The van der Waals surface area contributed by atoms with E-state index in [1.54, 1.807) is 0 Å². The number of likely N-dealkylation sites (tertiary alicyclic amines) is 1. The maximum atomic E-state index is 12.4. The van der Waals surface area contributed by atoms with Gasteiger partial charge in [0.25, 0.3) is 0 Å². The molecule has 0 radical (unpaired) electrons. The molecule has 0 spiro atoms. The number of anilines is 1. The monoisotopic (exact) mass is 492 g/mol. The molecule has 2 heterocycles. The number of benzene rings is 1. The van der Waals surface area contributed by atoms with Gasteiger partial charge in [-0.3, -0.25) is 0 Å². The van der Waals surface area contributed by atoms with Crippen molar-refractivity contribution in [1.82, 2.24) is 4.90 Å². The van der Waals surface area contributed by atoms with Gasteiger partial charge in [0.2, 0.25) is 0 Å². The summed E-state index contributed by atoms with van der Waals surface area (Å²) < 4.78 is 7.88. The van der Waals surface area contributed by atoms with E-state index in [2.05, 4.69) is 56.0 Å². The van der Waals surface area contributed by atoms with Gasteiger partial charge in [-0.1, -0.05) is 0 Å². The summed E-state index contributed by atoms with van der Waals surface area (Å²) in [4.78, 5) is 14.3. The van der Waals surface area contributed by atoms with Crippen molar-refractivity contribution >= 4 is 50.3 Å². The molecule has 0 aromatic heterocycles. The van der Waals surface area contributed by atoms with E-state index in [1.165, 1.54) is 14.8 Å². The van der Waals surface area contributed by atoms with Gasteiger partial charge in [0, 0.05) is 33.6 Å². The second kappa shape index (κ2) is 6.43. The molecule has 1 fully saturated rings. The van der Waals surface area contributed by atoms with Crippen molar-refractivity contribution in [2.45, 2.75) is 38.7 Å². The predicted octanol–water partition coefficient (Wildman–Crippen LogP) is 4.82. The number of rotatable bonds is 0. The fraction of sp³-hybridized carbons (Fsp3) is 0.588. The molecule has 0 aliphatic carbocycles. The van der Waals surface area contributed by atoms with Crippen LogP contribution in [0.25, 0.3) is 0 Å². The maximum absolute atomic E-state index is 12.4. The number of fused-ring (bicyclic) bond motifs is 3. The average molecular weight is 493 g/mol. The van der Waals surface area contributed by atoms with Crippen molar-refractivity contribution in [1.29, 1.82) is 0 Å². The van der Waals surface area contributed by atoms with Crippen molar-refractivity contribution in [3.8, 4) is 0 Å².